The second-order valence-electron chi connectivity index (χ2n) is 7.39. The second kappa shape index (κ2) is 8.92. The van der Waals surface area contributed by atoms with E-state index >= 15 is 0 Å². The number of benzene rings is 3. The van der Waals surface area contributed by atoms with Gasteiger partial charge in [0.15, 0.2) is 0 Å². The molecular weight excluding hydrogens is 473 g/mol. The lowest BCUT2D eigenvalue weighted by atomic mass is 10.0. The Morgan fingerprint density at radius 3 is 2.41 bits per heavy atom. The Labute approximate surface area is 196 Å². The van der Waals surface area contributed by atoms with Gasteiger partial charge in [0.1, 0.15) is 5.69 Å². The van der Waals surface area contributed by atoms with Crippen LogP contribution < -0.4 is 0 Å². The minimum Gasteiger partial charge on any atom is -0.478 e. The summed E-state index contributed by atoms with van der Waals surface area (Å²) < 4.78 is 47.0. The molecule has 0 atom stereocenters. The Balaban J connectivity index is 1.95. The molecule has 0 aliphatic carbocycles. The van der Waals surface area contributed by atoms with Crippen molar-refractivity contribution >= 4 is 34.4 Å². The number of carbonyl (C=O) groups excluding carboxylic acids is 1. The second-order valence-corrected chi connectivity index (χ2v) is 7.80. The van der Waals surface area contributed by atoms with Gasteiger partial charge in [-0.2, -0.15) is 23.0 Å². The monoisotopic (exact) mass is 488 g/mol. The number of fused-ring (bicyclic) bond motifs is 1. The van der Waals surface area contributed by atoms with Crippen molar-refractivity contribution in [3.63, 3.8) is 0 Å². The summed E-state index contributed by atoms with van der Waals surface area (Å²) in [7, 11) is 1.49. The SMILES string of the molecule is COCc1ccc2c(-c3ccc(C(=O)O)cc3)nn(C(=O)c3c(Cl)cccc3C(F)(F)F)c2c1. The average Bonchev–Trinajstić information content (AvgIpc) is 3.17. The van der Waals surface area contributed by atoms with Gasteiger partial charge in [0.2, 0.25) is 0 Å². The summed E-state index contributed by atoms with van der Waals surface area (Å²) in [4.78, 5) is 24.6. The highest BCUT2D eigenvalue weighted by molar-refractivity contribution is 6.34. The number of rotatable bonds is 5. The van der Waals surface area contributed by atoms with Crippen molar-refractivity contribution < 1.29 is 32.6 Å². The first kappa shape index (κ1) is 23.5. The highest BCUT2D eigenvalue weighted by Crippen LogP contribution is 2.37. The minimum absolute atomic E-state index is 0.0526. The number of hydrogen-bond acceptors (Lipinski definition) is 4. The number of halogens is 4. The number of nitrogens with zero attached hydrogens (tertiary/aromatic N) is 2. The number of hydrogen-bond donors (Lipinski definition) is 1. The molecule has 4 rings (SSSR count). The van der Waals surface area contributed by atoms with E-state index in [1.165, 1.54) is 37.4 Å². The largest absolute Gasteiger partial charge is 0.478 e. The maximum atomic E-state index is 13.7. The predicted molar refractivity (Wildman–Crippen MR) is 119 cm³/mol. The molecule has 0 aliphatic rings. The fourth-order valence-electron chi connectivity index (χ4n) is 3.64. The fraction of sp³-hybridized carbons (Fsp3) is 0.125. The van der Waals surface area contributed by atoms with Gasteiger partial charge in [0, 0.05) is 18.1 Å². The van der Waals surface area contributed by atoms with Gasteiger partial charge in [-0.1, -0.05) is 41.9 Å². The summed E-state index contributed by atoms with van der Waals surface area (Å²) >= 11 is 6.05. The number of alkyl halides is 3. The van der Waals surface area contributed by atoms with Crippen LogP contribution in [0.25, 0.3) is 22.2 Å². The molecule has 174 valence electrons. The van der Waals surface area contributed by atoms with Crippen LogP contribution in [0.4, 0.5) is 13.2 Å². The van der Waals surface area contributed by atoms with Crippen molar-refractivity contribution in [2.75, 3.05) is 7.11 Å². The zero-order chi connectivity index (χ0) is 24.6. The topological polar surface area (TPSA) is 81.4 Å². The Hall–Kier alpha value is -3.69. The van der Waals surface area contributed by atoms with Crippen molar-refractivity contribution in [3.8, 4) is 11.3 Å². The number of carboxylic acid groups (broad SMARTS) is 1. The summed E-state index contributed by atoms with van der Waals surface area (Å²) in [6.07, 6.45) is -4.81. The summed E-state index contributed by atoms with van der Waals surface area (Å²) in [6, 6.07) is 13.9. The molecular formula is C24H16ClF3N2O4. The zero-order valence-electron chi connectivity index (χ0n) is 17.6. The van der Waals surface area contributed by atoms with Crippen molar-refractivity contribution in [1.29, 1.82) is 0 Å². The number of aromatic carboxylic acids is 1. The Morgan fingerprint density at radius 2 is 1.79 bits per heavy atom. The van der Waals surface area contributed by atoms with E-state index in [1.807, 2.05) is 0 Å². The lowest BCUT2D eigenvalue weighted by molar-refractivity contribution is -0.137. The first-order chi connectivity index (χ1) is 16.1. The van der Waals surface area contributed by atoms with E-state index in [0.29, 0.717) is 22.2 Å². The van der Waals surface area contributed by atoms with Crippen molar-refractivity contribution in [1.82, 2.24) is 9.78 Å². The van der Waals surface area contributed by atoms with Crippen molar-refractivity contribution in [3.05, 3.63) is 87.9 Å². The van der Waals surface area contributed by atoms with Gasteiger partial charge in [0.05, 0.1) is 33.8 Å². The third-order valence-electron chi connectivity index (χ3n) is 5.19. The van der Waals surface area contributed by atoms with Crippen LogP contribution >= 0.6 is 11.6 Å². The molecule has 1 N–H and O–H groups in total. The first-order valence-corrected chi connectivity index (χ1v) is 10.2. The molecule has 34 heavy (non-hydrogen) atoms. The Morgan fingerprint density at radius 1 is 1.09 bits per heavy atom. The lowest BCUT2D eigenvalue weighted by Crippen LogP contribution is -2.20. The number of aromatic nitrogens is 2. The molecule has 0 unspecified atom stereocenters. The van der Waals surface area contributed by atoms with Crippen molar-refractivity contribution in [2.24, 2.45) is 0 Å². The predicted octanol–water partition coefficient (Wildman–Crippen LogP) is 5.91. The first-order valence-electron chi connectivity index (χ1n) is 9.86. The molecule has 0 amide bonds. The fourth-order valence-corrected chi connectivity index (χ4v) is 3.89. The highest BCUT2D eigenvalue weighted by atomic mass is 35.5. The zero-order valence-corrected chi connectivity index (χ0v) is 18.3. The van der Waals surface area contributed by atoms with Crippen LogP contribution in [-0.2, 0) is 17.5 Å². The van der Waals surface area contributed by atoms with E-state index in [2.05, 4.69) is 5.10 Å². The van der Waals surface area contributed by atoms with E-state index in [1.54, 1.807) is 18.2 Å². The molecule has 0 fully saturated rings. The highest BCUT2D eigenvalue weighted by Gasteiger charge is 2.37. The molecule has 0 radical (unpaired) electrons. The van der Waals surface area contributed by atoms with E-state index in [-0.39, 0.29) is 22.7 Å². The molecule has 0 saturated heterocycles. The molecule has 6 nitrogen and oxygen atoms in total. The quantitative estimate of drug-likeness (QED) is 0.378. The van der Waals surface area contributed by atoms with Gasteiger partial charge in [-0.3, -0.25) is 4.79 Å². The van der Waals surface area contributed by atoms with Crippen LogP contribution in [0.2, 0.25) is 5.02 Å². The molecule has 0 aliphatic heterocycles. The van der Waals surface area contributed by atoms with E-state index < -0.39 is 29.2 Å². The van der Waals surface area contributed by atoms with Gasteiger partial charge in [-0.25, -0.2) is 4.79 Å². The van der Waals surface area contributed by atoms with Gasteiger partial charge in [0.25, 0.3) is 5.91 Å². The van der Waals surface area contributed by atoms with Crippen LogP contribution in [-0.4, -0.2) is 33.9 Å². The molecule has 1 heterocycles. The number of methoxy groups -OCH3 is 1. The minimum atomic E-state index is -4.81. The van der Waals surface area contributed by atoms with Gasteiger partial charge in [-0.05, 0) is 35.9 Å². The number of ether oxygens (including phenoxy) is 1. The third-order valence-corrected chi connectivity index (χ3v) is 5.50. The Bertz CT molecular complexity index is 1410. The molecule has 4 aromatic rings. The average molecular weight is 489 g/mol. The van der Waals surface area contributed by atoms with Crippen LogP contribution in [0.3, 0.4) is 0 Å². The molecule has 0 saturated carbocycles. The number of carbonyl (C=O) groups is 2. The molecule has 10 heteroatoms. The van der Waals surface area contributed by atoms with E-state index in [4.69, 9.17) is 21.4 Å². The van der Waals surface area contributed by atoms with Gasteiger partial charge < -0.3 is 9.84 Å². The normalized spacial score (nSPS) is 11.7. The van der Waals surface area contributed by atoms with Gasteiger partial charge in [-0.15, -0.1) is 0 Å². The standard InChI is InChI=1S/C24H16ClF3N2O4/c1-34-12-13-5-10-16-19(11-13)30(29-21(16)14-6-8-15(9-7-14)23(32)33)22(31)20-17(24(26,27)28)3-2-4-18(20)25/h2-11H,12H2,1H3,(H,32,33). The third kappa shape index (κ3) is 4.27. The maximum Gasteiger partial charge on any atom is 0.417 e. The molecule has 1 aromatic heterocycles. The van der Waals surface area contributed by atoms with Crippen LogP contribution in [0, 0.1) is 0 Å². The summed E-state index contributed by atoms with van der Waals surface area (Å²) in [5.74, 6) is -2.16. The molecule has 3 aromatic carbocycles. The smallest absolute Gasteiger partial charge is 0.417 e. The van der Waals surface area contributed by atoms with Crippen LogP contribution in [0.5, 0.6) is 0 Å². The summed E-state index contributed by atoms with van der Waals surface area (Å²) in [5, 5.41) is 13.6. The molecule has 0 bridgehead atoms. The lowest BCUT2D eigenvalue weighted by Gasteiger charge is -2.13. The number of carboxylic acids is 1. The van der Waals surface area contributed by atoms with E-state index in [0.717, 1.165) is 16.8 Å². The Kier molecular flexibility index (Phi) is 6.16. The van der Waals surface area contributed by atoms with Crippen LogP contribution in [0.15, 0.2) is 60.7 Å². The van der Waals surface area contributed by atoms with Gasteiger partial charge >= 0.3 is 12.1 Å². The summed E-state index contributed by atoms with van der Waals surface area (Å²) in [6.45, 7) is 0.206. The maximum absolute atomic E-state index is 13.7. The summed E-state index contributed by atoms with van der Waals surface area (Å²) in [5.41, 5.74) is -0.130. The van der Waals surface area contributed by atoms with Crippen LogP contribution in [0.1, 0.15) is 31.8 Å². The molecule has 0 spiro atoms. The van der Waals surface area contributed by atoms with E-state index in [9.17, 15) is 22.8 Å². The van der Waals surface area contributed by atoms with Crippen molar-refractivity contribution in [2.45, 2.75) is 12.8 Å².